The van der Waals surface area contributed by atoms with Gasteiger partial charge in [0.2, 0.25) is 10.0 Å². The standard InChI is InChI=1S/C19H21N5O5S2/c1-13-4-8-16(9-5-13)31(28,29)24(3)19-17(12-21-23(19)2)18(25)22-14-6-10-15(11-7-14)30(20,26)27/h4-12H,1-3H3,(H,22,25)(H2,20,26,27). The molecule has 1 amide bonds. The highest BCUT2D eigenvalue weighted by Gasteiger charge is 2.28. The van der Waals surface area contributed by atoms with Crippen LogP contribution in [0, 0.1) is 6.92 Å². The van der Waals surface area contributed by atoms with Crippen molar-refractivity contribution in [3.8, 4) is 0 Å². The van der Waals surface area contributed by atoms with E-state index in [0.717, 1.165) is 9.87 Å². The molecule has 1 heterocycles. The molecule has 0 fully saturated rings. The first-order chi connectivity index (χ1) is 14.4. The fraction of sp³-hybridized carbons (Fsp3) is 0.158. The second-order valence-corrected chi connectivity index (χ2v) is 10.3. The summed E-state index contributed by atoms with van der Waals surface area (Å²) in [5.41, 5.74) is 1.24. The Hall–Kier alpha value is -3.22. The number of anilines is 2. The third-order valence-electron chi connectivity index (χ3n) is 4.57. The SMILES string of the molecule is Cc1ccc(S(=O)(=O)N(C)c2c(C(=O)Nc3ccc(S(N)(=O)=O)cc3)cnn2C)cc1. The number of aryl methyl sites for hydroxylation is 2. The Morgan fingerprint density at radius 3 is 2.10 bits per heavy atom. The fourth-order valence-electron chi connectivity index (χ4n) is 2.87. The van der Waals surface area contributed by atoms with Crippen molar-refractivity contribution in [3.63, 3.8) is 0 Å². The Balaban J connectivity index is 1.91. The van der Waals surface area contributed by atoms with Crippen LogP contribution in [0.15, 0.2) is 64.5 Å². The summed E-state index contributed by atoms with van der Waals surface area (Å²) in [5.74, 6) is -0.545. The predicted octanol–water partition coefficient (Wildman–Crippen LogP) is 1.45. The lowest BCUT2D eigenvalue weighted by molar-refractivity contribution is 0.102. The zero-order valence-electron chi connectivity index (χ0n) is 17.0. The topological polar surface area (TPSA) is 144 Å². The second-order valence-electron chi connectivity index (χ2n) is 6.81. The van der Waals surface area contributed by atoms with Gasteiger partial charge in [-0.3, -0.25) is 13.8 Å². The van der Waals surface area contributed by atoms with Gasteiger partial charge < -0.3 is 5.32 Å². The molecule has 3 N–H and O–H groups in total. The Morgan fingerprint density at radius 2 is 1.55 bits per heavy atom. The smallest absolute Gasteiger partial charge is 0.265 e. The van der Waals surface area contributed by atoms with Crippen molar-refractivity contribution in [1.82, 2.24) is 9.78 Å². The lowest BCUT2D eigenvalue weighted by atomic mass is 10.2. The van der Waals surface area contributed by atoms with Crippen LogP contribution in [0.25, 0.3) is 0 Å². The number of sulfonamides is 2. The van der Waals surface area contributed by atoms with Crippen LogP contribution in [0.4, 0.5) is 11.5 Å². The molecule has 0 spiro atoms. The highest BCUT2D eigenvalue weighted by molar-refractivity contribution is 7.92. The van der Waals surface area contributed by atoms with Gasteiger partial charge in [-0.25, -0.2) is 22.0 Å². The molecule has 0 atom stereocenters. The maximum absolute atomic E-state index is 13.0. The molecular formula is C19H21N5O5S2. The summed E-state index contributed by atoms with van der Waals surface area (Å²) >= 11 is 0. The number of primary sulfonamides is 1. The number of hydrogen-bond donors (Lipinski definition) is 2. The van der Waals surface area contributed by atoms with E-state index >= 15 is 0 Å². The average Bonchev–Trinajstić information content (AvgIpc) is 3.09. The second kappa shape index (κ2) is 8.13. The van der Waals surface area contributed by atoms with E-state index in [0.29, 0.717) is 5.69 Å². The first kappa shape index (κ1) is 22.5. The minimum Gasteiger partial charge on any atom is -0.322 e. The quantitative estimate of drug-likeness (QED) is 0.566. The number of amides is 1. The Kier molecular flexibility index (Phi) is 5.89. The van der Waals surface area contributed by atoms with Crippen LogP contribution in [0.2, 0.25) is 0 Å². The third-order valence-corrected chi connectivity index (χ3v) is 7.26. The van der Waals surface area contributed by atoms with Crippen LogP contribution in [-0.2, 0) is 27.1 Å². The molecule has 0 saturated heterocycles. The highest BCUT2D eigenvalue weighted by atomic mass is 32.2. The molecule has 1 aromatic heterocycles. The van der Waals surface area contributed by atoms with E-state index in [9.17, 15) is 21.6 Å². The first-order valence-electron chi connectivity index (χ1n) is 8.93. The molecule has 0 bridgehead atoms. The van der Waals surface area contributed by atoms with Gasteiger partial charge in [-0.15, -0.1) is 0 Å². The molecule has 31 heavy (non-hydrogen) atoms. The molecule has 0 radical (unpaired) electrons. The van der Waals surface area contributed by atoms with E-state index in [2.05, 4.69) is 10.4 Å². The number of nitrogens with one attached hydrogen (secondary N) is 1. The van der Waals surface area contributed by atoms with Gasteiger partial charge in [-0.2, -0.15) is 5.10 Å². The fourth-order valence-corrected chi connectivity index (χ4v) is 4.63. The zero-order chi connectivity index (χ0) is 23.0. The van der Waals surface area contributed by atoms with Crippen LogP contribution in [0.5, 0.6) is 0 Å². The van der Waals surface area contributed by atoms with Crippen LogP contribution >= 0.6 is 0 Å². The zero-order valence-corrected chi connectivity index (χ0v) is 18.6. The van der Waals surface area contributed by atoms with Gasteiger partial charge >= 0.3 is 0 Å². The first-order valence-corrected chi connectivity index (χ1v) is 11.9. The number of nitrogens with zero attached hydrogens (tertiary/aromatic N) is 3. The Morgan fingerprint density at radius 1 is 1.00 bits per heavy atom. The van der Waals surface area contributed by atoms with Gasteiger partial charge in [-0.1, -0.05) is 17.7 Å². The number of aromatic nitrogens is 2. The van der Waals surface area contributed by atoms with Gasteiger partial charge in [0.25, 0.3) is 15.9 Å². The number of carbonyl (C=O) groups is 1. The third kappa shape index (κ3) is 4.60. The summed E-state index contributed by atoms with van der Waals surface area (Å²) < 4.78 is 51.1. The summed E-state index contributed by atoms with van der Waals surface area (Å²) in [4.78, 5) is 12.8. The maximum atomic E-state index is 13.0. The van der Waals surface area contributed by atoms with Crippen molar-refractivity contribution < 1.29 is 21.6 Å². The molecule has 10 nitrogen and oxygen atoms in total. The summed E-state index contributed by atoms with van der Waals surface area (Å²) in [5, 5.41) is 11.7. The molecule has 164 valence electrons. The van der Waals surface area contributed by atoms with Crippen LogP contribution in [0.3, 0.4) is 0 Å². The Bertz CT molecular complexity index is 1330. The van der Waals surface area contributed by atoms with Gasteiger partial charge in [-0.05, 0) is 43.3 Å². The molecule has 3 aromatic rings. The largest absolute Gasteiger partial charge is 0.322 e. The summed E-state index contributed by atoms with van der Waals surface area (Å²) in [6, 6.07) is 11.6. The Labute approximate surface area is 180 Å². The maximum Gasteiger partial charge on any atom is 0.265 e. The number of benzene rings is 2. The summed E-state index contributed by atoms with van der Waals surface area (Å²) in [7, 11) is -4.94. The van der Waals surface area contributed by atoms with E-state index < -0.39 is 26.0 Å². The molecule has 0 aliphatic rings. The van der Waals surface area contributed by atoms with Crippen LogP contribution < -0.4 is 14.8 Å². The van der Waals surface area contributed by atoms with Crippen molar-refractivity contribution in [3.05, 3.63) is 65.9 Å². The molecule has 3 rings (SSSR count). The molecule has 0 aliphatic carbocycles. The highest BCUT2D eigenvalue weighted by Crippen LogP contribution is 2.26. The van der Waals surface area contributed by atoms with Gasteiger partial charge in [0.15, 0.2) is 5.82 Å². The molecule has 0 unspecified atom stereocenters. The van der Waals surface area contributed by atoms with E-state index in [4.69, 9.17) is 5.14 Å². The van der Waals surface area contributed by atoms with Gasteiger partial charge in [0.1, 0.15) is 5.56 Å². The number of carbonyl (C=O) groups excluding carboxylic acids is 1. The normalized spacial score (nSPS) is 11.9. The van der Waals surface area contributed by atoms with Crippen molar-refractivity contribution in [1.29, 1.82) is 0 Å². The number of hydrogen-bond acceptors (Lipinski definition) is 6. The molecule has 12 heteroatoms. The summed E-state index contributed by atoms with van der Waals surface area (Å²) in [6.07, 6.45) is 1.25. The van der Waals surface area contributed by atoms with Crippen molar-refractivity contribution in [2.24, 2.45) is 12.2 Å². The van der Waals surface area contributed by atoms with Crippen molar-refractivity contribution >= 4 is 37.5 Å². The van der Waals surface area contributed by atoms with E-state index in [1.165, 1.54) is 61.4 Å². The minimum atomic E-state index is -3.94. The van der Waals surface area contributed by atoms with Gasteiger partial charge in [0, 0.05) is 19.8 Å². The lowest BCUT2D eigenvalue weighted by Crippen LogP contribution is -2.30. The minimum absolute atomic E-state index is 0.0243. The van der Waals surface area contributed by atoms with Crippen LogP contribution in [-0.4, -0.2) is 39.6 Å². The monoisotopic (exact) mass is 463 g/mol. The number of nitrogens with two attached hydrogens (primary N) is 1. The van der Waals surface area contributed by atoms with Crippen molar-refractivity contribution in [2.75, 3.05) is 16.7 Å². The van der Waals surface area contributed by atoms with Crippen molar-refractivity contribution in [2.45, 2.75) is 16.7 Å². The molecular weight excluding hydrogens is 442 g/mol. The van der Waals surface area contributed by atoms with E-state index in [1.54, 1.807) is 12.1 Å². The molecule has 0 aliphatic heterocycles. The molecule has 0 saturated carbocycles. The average molecular weight is 464 g/mol. The molecule has 2 aromatic carbocycles. The van der Waals surface area contributed by atoms with E-state index in [1.807, 2.05) is 6.92 Å². The van der Waals surface area contributed by atoms with Crippen LogP contribution in [0.1, 0.15) is 15.9 Å². The summed E-state index contributed by atoms with van der Waals surface area (Å²) in [6.45, 7) is 1.85. The van der Waals surface area contributed by atoms with E-state index in [-0.39, 0.29) is 21.2 Å². The number of rotatable bonds is 6. The van der Waals surface area contributed by atoms with Gasteiger partial charge in [0.05, 0.1) is 16.0 Å². The lowest BCUT2D eigenvalue weighted by Gasteiger charge is -2.21. The predicted molar refractivity (Wildman–Crippen MR) is 116 cm³/mol.